The normalized spacial score (nSPS) is 10.8. The van der Waals surface area contributed by atoms with Gasteiger partial charge in [0, 0.05) is 12.4 Å². The Kier molecular flexibility index (Phi) is 6.12. The van der Waals surface area contributed by atoms with Gasteiger partial charge in [-0.1, -0.05) is 23.9 Å². The first-order chi connectivity index (χ1) is 12.9. The number of aryl methyl sites for hydroxylation is 2. The van der Waals surface area contributed by atoms with Crippen molar-refractivity contribution in [3.63, 3.8) is 0 Å². The van der Waals surface area contributed by atoms with Gasteiger partial charge in [-0.3, -0.25) is 4.79 Å². The van der Waals surface area contributed by atoms with Crippen molar-refractivity contribution >= 4 is 34.1 Å². The number of nitrogens with zero attached hydrogens (tertiary/aromatic N) is 4. The molecule has 0 spiro atoms. The largest absolute Gasteiger partial charge is 0.485 e. The van der Waals surface area contributed by atoms with Crippen molar-refractivity contribution in [3.8, 4) is 5.75 Å². The van der Waals surface area contributed by atoms with Crippen LogP contribution in [0, 0.1) is 20.8 Å². The Morgan fingerprint density at radius 2 is 2.11 bits per heavy atom. The van der Waals surface area contributed by atoms with E-state index in [1.165, 1.54) is 28.7 Å². The number of nitrogens with one attached hydrogen (secondary N) is 1. The molecule has 1 N–H and O–H groups in total. The summed E-state index contributed by atoms with van der Waals surface area (Å²) in [5, 5.41) is 14.3. The van der Waals surface area contributed by atoms with Gasteiger partial charge in [-0.25, -0.2) is 4.98 Å². The summed E-state index contributed by atoms with van der Waals surface area (Å²) in [6.07, 6.45) is 0. The van der Waals surface area contributed by atoms with Gasteiger partial charge in [-0.15, -0.1) is 21.5 Å². The van der Waals surface area contributed by atoms with Gasteiger partial charge in [0.25, 0.3) is 0 Å². The van der Waals surface area contributed by atoms with E-state index >= 15 is 0 Å². The van der Waals surface area contributed by atoms with Crippen LogP contribution in [0.2, 0.25) is 0 Å². The molecule has 9 heteroatoms. The minimum atomic E-state index is -0.120. The SMILES string of the molecule is Cc1csc(NC(=O)CSc2nnc(COc3cccc(C)c3C)n2C)n1. The Morgan fingerprint density at radius 1 is 1.30 bits per heavy atom. The number of benzene rings is 1. The second-order valence-electron chi connectivity index (χ2n) is 6.08. The lowest BCUT2D eigenvalue weighted by atomic mass is 10.1. The summed E-state index contributed by atoms with van der Waals surface area (Å²) in [5.41, 5.74) is 3.19. The highest BCUT2D eigenvalue weighted by molar-refractivity contribution is 7.99. The first-order valence-electron chi connectivity index (χ1n) is 8.36. The van der Waals surface area contributed by atoms with E-state index in [1.807, 2.05) is 43.0 Å². The van der Waals surface area contributed by atoms with E-state index in [0.717, 1.165) is 17.0 Å². The number of ether oxygens (including phenoxy) is 1. The van der Waals surface area contributed by atoms with Crippen LogP contribution < -0.4 is 10.1 Å². The van der Waals surface area contributed by atoms with Crippen molar-refractivity contribution in [2.24, 2.45) is 7.05 Å². The Bertz CT molecular complexity index is 951. The van der Waals surface area contributed by atoms with Crippen LogP contribution in [0.25, 0.3) is 0 Å². The molecule has 0 atom stereocenters. The van der Waals surface area contributed by atoms with Crippen LogP contribution in [0.5, 0.6) is 5.75 Å². The van der Waals surface area contributed by atoms with Crippen LogP contribution in [0.1, 0.15) is 22.6 Å². The number of thiazole rings is 1. The maximum atomic E-state index is 12.0. The molecule has 2 aromatic heterocycles. The van der Waals surface area contributed by atoms with Crippen LogP contribution in [0.15, 0.2) is 28.7 Å². The van der Waals surface area contributed by atoms with Crippen molar-refractivity contribution in [2.45, 2.75) is 32.5 Å². The number of amides is 1. The number of thioether (sulfide) groups is 1. The fraction of sp³-hybridized carbons (Fsp3) is 0.333. The summed E-state index contributed by atoms with van der Waals surface area (Å²) in [4.78, 5) is 16.3. The lowest BCUT2D eigenvalue weighted by molar-refractivity contribution is -0.113. The summed E-state index contributed by atoms with van der Waals surface area (Å²) >= 11 is 2.74. The van der Waals surface area contributed by atoms with Crippen molar-refractivity contribution < 1.29 is 9.53 Å². The first kappa shape index (κ1) is 19.4. The molecule has 0 saturated heterocycles. The molecule has 0 radical (unpaired) electrons. The van der Waals surface area contributed by atoms with Crippen LogP contribution in [-0.2, 0) is 18.4 Å². The molecular weight excluding hydrogens is 382 g/mol. The molecule has 0 aliphatic heterocycles. The van der Waals surface area contributed by atoms with Gasteiger partial charge in [0.05, 0.1) is 11.4 Å². The number of carbonyl (C=O) groups excluding carboxylic acids is 1. The Labute approximate surface area is 166 Å². The highest BCUT2D eigenvalue weighted by Gasteiger charge is 2.13. The van der Waals surface area contributed by atoms with Crippen molar-refractivity contribution in [3.05, 3.63) is 46.2 Å². The molecule has 2 heterocycles. The van der Waals surface area contributed by atoms with E-state index in [2.05, 4.69) is 33.5 Å². The van der Waals surface area contributed by atoms with Crippen LogP contribution >= 0.6 is 23.1 Å². The molecule has 7 nitrogen and oxygen atoms in total. The molecule has 1 amide bonds. The molecule has 0 aliphatic rings. The minimum absolute atomic E-state index is 0.120. The summed E-state index contributed by atoms with van der Waals surface area (Å²) in [5.74, 6) is 1.66. The average molecular weight is 404 g/mol. The molecule has 3 aromatic rings. The fourth-order valence-corrected chi connectivity index (χ4v) is 3.75. The minimum Gasteiger partial charge on any atom is -0.485 e. The number of anilines is 1. The number of aromatic nitrogens is 4. The van der Waals surface area contributed by atoms with Gasteiger partial charge in [-0.05, 0) is 38.0 Å². The van der Waals surface area contributed by atoms with E-state index in [0.29, 0.717) is 22.7 Å². The molecule has 3 rings (SSSR count). The zero-order valence-corrected chi connectivity index (χ0v) is 17.3. The molecule has 0 saturated carbocycles. The molecule has 0 fully saturated rings. The van der Waals surface area contributed by atoms with Crippen LogP contribution in [0.4, 0.5) is 5.13 Å². The first-order valence-corrected chi connectivity index (χ1v) is 10.2. The van der Waals surface area contributed by atoms with Gasteiger partial charge in [0.15, 0.2) is 16.1 Å². The summed E-state index contributed by atoms with van der Waals surface area (Å²) in [6.45, 7) is 6.30. The number of carbonyl (C=O) groups is 1. The number of hydrogen-bond donors (Lipinski definition) is 1. The number of hydrogen-bond acceptors (Lipinski definition) is 7. The second kappa shape index (κ2) is 8.53. The summed E-state index contributed by atoms with van der Waals surface area (Å²) < 4.78 is 7.73. The summed E-state index contributed by atoms with van der Waals surface area (Å²) in [7, 11) is 1.87. The van der Waals surface area contributed by atoms with E-state index in [1.54, 1.807) is 0 Å². The molecule has 0 unspecified atom stereocenters. The van der Waals surface area contributed by atoms with Crippen molar-refractivity contribution in [1.82, 2.24) is 19.7 Å². The quantitative estimate of drug-likeness (QED) is 0.608. The zero-order chi connectivity index (χ0) is 19.4. The van der Waals surface area contributed by atoms with Crippen LogP contribution in [-0.4, -0.2) is 31.4 Å². The maximum Gasteiger partial charge on any atom is 0.236 e. The van der Waals surface area contributed by atoms with Gasteiger partial charge in [0.1, 0.15) is 12.4 Å². The van der Waals surface area contributed by atoms with Gasteiger partial charge in [-0.2, -0.15) is 0 Å². The third-order valence-electron chi connectivity index (χ3n) is 4.03. The highest BCUT2D eigenvalue weighted by Crippen LogP contribution is 2.22. The van der Waals surface area contributed by atoms with E-state index in [-0.39, 0.29) is 11.7 Å². The fourth-order valence-electron chi connectivity index (χ4n) is 2.32. The Morgan fingerprint density at radius 3 is 2.85 bits per heavy atom. The van der Waals surface area contributed by atoms with E-state index < -0.39 is 0 Å². The van der Waals surface area contributed by atoms with Gasteiger partial charge in [0.2, 0.25) is 5.91 Å². The molecule has 27 heavy (non-hydrogen) atoms. The predicted molar refractivity (Wildman–Crippen MR) is 107 cm³/mol. The Hall–Kier alpha value is -2.39. The van der Waals surface area contributed by atoms with Crippen molar-refractivity contribution in [1.29, 1.82) is 0 Å². The van der Waals surface area contributed by atoms with Gasteiger partial charge >= 0.3 is 0 Å². The second-order valence-corrected chi connectivity index (χ2v) is 7.88. The molecule has 1 aromatic carbocycles. The van der Waals surface area contributed by atoms with Crippen LogP contribution in [0.3, 0.4) is 0 Å². The highest BCUT2D eigenvalue weighted by atomic mass is 32.2. The molecular formula is C18H21N5O2S2. The third kappa shape index (κ3) is 4.86. The van der Waals surface area contributed by atoms with E-state index in [9.17, 15) is 4.79 Å². The van der Waals surface area contributed by atoms with E-state index in [4.69, 9.17) is 4.74 Å². The van der Waals surface area contributed by atoms with Gasteiger partial charge < -0.3 is 14.6 Å². The third-order valence-corrected chi connectivity index (χ3v) is 5.93. The smallest absolute Gasteiger partial charge is 0.236 e. The maximum absolute atomic E-state index is 12.0. The number of rotatable bonds is 7. The monoisotopic (exact) mass is 403 g/mol. The topological polar surface area (TPSA) is 81.9 Å². The predicted octanol–water partition coefficient (Wildman–Crippen LogP) is 3.51. The molecule has 0 bridgehead atoms. The average Bonchev–Trinajstić information content (AvgIpc) is 3.20. The molecule has 142 valence electrons. The molecule has 0 aliphatic carbocycles. The zero-order valence-electron chi connectivity index (χ0n) is 15.6. The Balaban J connectivity index is 1.55. The summed E-state index contributed by atoms with van der Waals surface area (Å²) in [6, 6.07) is 5.97. The standard InChI is InChI=1S/C18H21N5O2S2/c1-11-6-5-7-14(13(11)3)25-8-15-21-22-18(23(15)4)27-10-16(24)20-17-19-12(2)9-26-17/h5-7,9H,8,10H2,1-4H3,(H,19,20,24). The lowest BCUT2D eigenvalue weighted by Gasteiger charge is -2.10. The lowest BCUT2D eigenvalue weighted by Crippen LogP contribution is -2.14. The van der Waals surface area contributed by atoms with Crippen molar-refractivity contribution in [2.75, 3.05) is 11.1 Å².